The van der Waals surface area contributed by atoms with Crippen LogP contribution < -0.4 is 0 Å². The van der Waals surface area contributed by atoms with Gasteiger partial charge in [0.15, 0.2) is 0 Å². The first-order valence-electron chi connectivity index (χ1n) is 6.99. The van der Waals surface area contributed by atoms with Crippen molar-refractivity contribution in [3.63, 3.8) is 0 Å². The monoisotopic (exact) mass is 270 g/mol. The summed E-state index contributed by atoms with van der Waals surface area (Å²) in [6, 6.07) is -0.939. The van der Waals surface area contributed by atoms with Crippen LogP contribution in [0.1, 0.15) is 26.2 Å². The van der Waals surface area contributed by atoms with Crippen molar-refractivity contribution >= 4 is 12.0 Å². The number of carbonyl (C=O) groups is 2. The van der Waals surface area contributed by atoms with Crippen LogP contribution in [0.2, 0.25) is 0 Å². The van der Waals surface area contributed by atoms with E-state index in [0.29, 0.717) is 19.0 Å². The second-order valence-corrected chi connectivity index (χ2v) is 5.38. The van der Waals surface area contributed by atoms with Crippen LogP contribution in [0.15, 0.2) is 0 Å². The summed E-state index contributed by atoms with van der Waals surface area (Å²) in [6.07, 6.45) is 2.98. The van der Waals surface area contributed by atoms with E-state index in [0.717, 1.165) is 19.3 Å². The lowest BCUT2D eigenvalue weighted by Crippen LogP contribution is -2.50. The van der Waals surface area contributed by atoms with Crippen molar-refractivity contribution in [1.29, 1.82) is 0 Å². The third kappa shape index (κ3) is 2.54. The van der Waals surface area contributed by atoms with E-state index in [1.807, 2.05) is 6.92 Å². The normalized spacial score (nSPS) is 29.4. The Labute approximate surface area is 113 Å². The number of carbonyl (C=O) groups excluding carboxylic acids is 1. The predicted octanol–water partition coefficient (Wildman–Crippen LogP) is 0.606. The van der Waals surface area contributed by atoms with Crippen LogP contribution >= 0.6 is 0 Å². The third-order valence-electron chi connectivity index (χ3n) is 4.41. The van der Waals surface area contributed by atoms with Gasteiger partial charge in [0.05, 0.1) is 6.61 Å². The maximum atomic E-state index is 12.4. The van der Waals surface area contributed by atoms with E-state index in [9.17, 15) is 14.7 Å². The van der Waals surface area contributed by atoms with Gasteiger partial charge >= 0.3 is 12.0 Å². The zero-order valence-electron chi connectivity index (χ0n) is 11.3. The number of likely N-dealkylation sites (N-methyl/N-ethyl adjacent to an activating group) is 1. The second-order valence-electron chi connectivity index (χ2n) is 5.38. The number of carboxylic acid groups (broad SMARTS) is 1. The number of aliphatic carboxylic acids is 1. The summed E-state index contributed by atoms with van der Waals surface area (Å²) in [5.41, 5.74) is 0. The molecule has 0 radical (unpaired) electrons. The number of hydrogen-bond donors (Lipinski definition) is 2. The van der Waals surface area contributed by atoms with Gasteiger partial charge < -0.3 is 20.0 Å². The van der Waals surface area contributed by atoms with Gasteiger partial charge in [-0.05, 0) is 31.6 Å². The van der Waals surface area contributed by atoms with Crippen LogP contribution in [-0.4, -0.2) is 64.3 Å². The summed E-state index contributed by atoms with van der Waals surface area (Å²) < 4.78 is 0. The number of hydrogen-bond acceptors (Lipinski definition) is 3. The van der Waals surface area contributed by atoms with Crippen LogP contribution in [0.4, 0.5) is 4.79 Å². The molecule has 0 spiro atoms. The van der Waals surface area contributed by atoms with Gasteiger partial charge in [-0.1, -0.05) is 6.42 Å². The molecule has 108 valence electrons. The Hall–Kier alpha value is -1.30. The summed E-state index contributed by atoms with van der Waals surface area (Å²) in [7, 11) is 0. The summed E-state index contributed by atoms with van der Waals surface area (Å²) in [5.74, 6) is -0.463. The maximum Gasteiger partial charge on any atom is 0.326 e. The number of nitrogens with zero attached hydrogens (tertiary/aromatic N) is 2. The Morgan fingerprint density at radius 3 is 2.68 bits per heavy atom. The standard InChI is InChI=1S/C13H22N2O4/c1-2-14(6-7-16)13(19)15-8-9-4-3-5-10(9)11(15)12(17)18/h9-11,16H,2-8H2,1H3,(H,17,18). The van der Waals surface area contributed by atoms with Crippen molar-refractivity contribution in [3.8, 4) is 0 Å². The predicted molar refractivity (Wildman–Crippen MR) is 68.7 cm³/mol. The molecule has 6 nitrogen and oxygen atoms in total. The maximum absolute atomic E-state index is 12.4. The fourth-order valence-corrected chi connectivity index (χ4v) is 3.51. The van der Waals surface area contributed by atoms with Crippen LogP contribution in [0.5, 0.6) is 0 Å². The van der Waals surface area contributed by atoms with Gasteiger partial charge in [-0.15, -0.1) is 0 Å². The number of fused-ring (bicyclic) bond motifs is 1. The number of urea groups is 1. The highest BCUT2D eigenvalue weighted by molar-refractivity contribution is 5.84. The molecule has 2 N–H and O–H groups in total. The molecule has 0 aromatic heterocycles. The average molecular weight is 270 g/mol. The van der Waals surface area contributed by atoms with E-state index in [4.69, 9.17) is 5.11 Å². The van der Waals surface area contributed by atoms with Crippen molar-refractivity contribution in [1.82, 2.24) is 9.80 Å². The fraction of sp³-hybridized carbons (Fsp3) is 0.846. The number of carboxylic acids is 1. The summed E-state index contributed by atoms with van der Waals surface area (Å²) >= 11 is 0. The zero-order valence-corrected chi connectivity index (χ0v) is 11.3. The van der Waals surface area contributed by atoms with Gasteiger partial charge in [0.25, 0.3) is 0 Å². The average Bonchev–Trinajstić information content (AvgIpc) is 2.94. The van der Waals surface area contributed by atoms with E-state index in [1.165, 1.54) is 9.80 Å². The molecule has 2 rings (SSSR count). The molecule has 1 aliphatic heterocycles. The van der Waals surface area contributed by atoms with Crippen molar-refractivity contribution in [2.24, 2.45) is 11.8 Å². The molecule has 6 heteroatoms. The van der Waals surface area contributed by atoms with Crippen molar-refractivity contribution in [2.45, 2.75) is 32.2 Å². The van der Waals surface area contributed by atoms with Gasteiger partial charge in [0, 0.05) is 19.6 Å². The quantitative estimate of drug-likeness (QED) is 0.784. The first-order chi connectivity index (χ1) is 9.10. The SMILES string of the molecule is CCN(CCO)C(=O)N1CC2CCCC2C1C(=O)O. The highest BCUT2D eigenvalue weighted by Gasteiger charge is 2.50. The minimum Gasteiger partial charge on any atom is -0.480 e. The number of aliphatic hydroxyl groups excluding tert-OH is 1. The lowest BCUT2D eigenvalue weighted by atomic mass is 9.94. The van der Waals surface area contributed by atoms with Crippen molar-refractivity contribution in [2.75, 3.05) is 26.2 Å². The molecule has 2 fully saturated rings. The Kier molecular flexibility index (Phi) is 4.29. The fourth-order valence-electron chi connectivity index (χ4n) is 3.51. The zero-order chi connectivity index (χ0) is 14.0. The van der Waals surface area contributed by atoms with E-state index < -0.39 is 12.0 Å². The van der Waals surface area contributed by atoms with Gasteiger partial charge in [0.1, 0.15) is 6.04 Å². The molecule has 0 bridgehead atoms. The van der Waals surface area contributed by atoms with Crippen LogP contribution in [0.25, 0.3) is 0 Å². The molecule has 2 amide bonds. The third-order valence-corrected chi connectivity index (χ3v) is 4.41. The second kappa shape index (κ2) is 5.77. The van der Waals surface area contributed by atoms with E-state index in [1.54, 1.807) is 0 Å². The molecule has 3 atom stereocenters. The lowest BCUT2D eigenvalue weighted by Gasteiger charge is -2.30. The lowest BCUT2D eigenvalue weighted by molar-refractivity contribution is -0.142. The van der Waals surface area contributed by atoms with E-state index in [-0.39, 0.29) is 25.1 Å². The molecule has 1 heterocycles. The number of rotatable bonds is 4. The van der Waals surface area contributed by atoms with Gasteiger partial charge in [-0.25, -0.2) is 9.59 Å². The molecular weight excluding hydrogens is 248 g/mol. The first-order valence-corrected chi connectivity index (χ1v) is 6.99. The molecule has 0 aromatic rings. The van der Waals surface area contributed by atoms with Gasteiger partial charge in [0.2, 0.25) is 0 Å². The molecule has 1 saturated heterocycles. The van der Waals surface area contributed by atoms with Crippen LogP contribution in [0, 0.1) is 11.8 Å². The Morgan fingerprint density at radius 2 is 2.11 bits per heavy atom. The highest BCUT2D eigenvalue weighted by Crippen LogP contribution is 2.42. The molecule has 3 unspecified atom stereocenters. The largest absolute Gasteiger partial charge is 0.480 e. The minimum atomic E-state index is -0.900. The molecule has 0 aromatic carbocycles. The number of aliphatic hydroxyl groups is 1. The Balaban J connectivity index is 2.14. The van der Waals surface area contributed by atoms with Crippen LogP contribution in [-0.2, 0) is 4.79 Å². The summed E-state index contributed by atoms with van der Waals surface area (Å²) in [6.45, 7) is 3.02. The number of amides is 2. The topological polar surface area (TPSA) is 81.1 Å². The smallest absolute Gasteiger partial charge is 0.326 e. The highest BCUT2D eigenvalue weighted by atomic mass is 16.4. The number of likely N-dealkylation sites (tertiary alicyclic amines) is 1. The van der Waals surface area contributed by atoms with Crippen molar-refractivity contribution < 1.29 is 19.8 Å². The summed E-state index contributed by atoms with van der Waals surface area (Å²) in [4.78, 5) is 26.9. The van der Waals surface area contributed by atoms with E-state index in [2.05, 4.69) is 0 Å². The summed E-state index contributed by atoms with van der Waals surface area (Å²) in [5, 5.41) is 18.4. The Morgan fingerprint density at radius 1 is 1.37 bits per heavy atom. The molecule has 1 aliphatic carbocycles. The molecule has 2 aliphatic rings. The van der Waals surface area contributed by atoms with Gasteiger partial charge in [-0.3, -0.25) is 0 Å². The molecular formula is C13H22N2O4. The van der Waals surface area contributed by atoms with Gasteiger partial charge in [-0.2, -0.15) is 0 Å². The minimum absolute atomic E-state index is 0.0992. The first kappa shape index (κ1) is 14.1. The van der Waals surface area contributed by atoms with Crippen molar-refractivity contribution in [3.05, 3.63) is 0 Å². The van der Waals surface area contributed by atoms with E-state index >= 15 is 0 Å². The molecule has 19 heavy (non-hydrogen) atoms. The Bertz CT molecular complexity index is 361. The molecule has 1 saturated carbocycles. The van der Waals surface area contributed by atoms with Crippen LogP contribution in [0.3, 0.4) is 0 Å².